The molecule has 5 heteroatoms. The fourth-order valence-corrected chi connectivity index (χ4v) is 1.90. The van der Waals surface area contributed by atoms with Gasteiger partial charge < -0.3 is 14.6 Å². The summed E-state index contributed by atoms with van der Waals surface area (Å²) < 4.78 is 10.8. The molecule has 0 spiro atoms. The molecule has 0 saturated heterocycles. The number of aliphatic carboxylic acids is 1. The van der Waals surface area contributed by atoms with Crippen LogP contribution in [-0.2, 0) is 4.79 Å². The highest BCUT2D eigenvalue weighted by Crippen LogP contribution is 2.32. The van der Waals surface area contributed by atoms with Crippen molar-refractivity contribution in [3.8, 4) is 11.5 Å². The van der Waals surface area contributed by atoms with Crippen molar-refractivity contribution in [3.05, 3.63) is 23.8 Å². The Morgan fingerprint density at radius 3 is 2.37 bits per heavy atom. The van der Waals surface area contributed by atoms with E-state index in [1.54, 1.807) is 25.1 Å². The van der Waals surface area contributed by atoms with E-state index in [2.05, 4.69) is 0 Å². The van der Waals surface area contributed by atoms with Gasteiger partial charge >= 0.3 is 5.97 Å². The number of benzene rings is 1. The second-order valence-electron chi connectivity index (χ2n) is 4.64. The summed E-state index contributed by atoms with van der Waals surface area (Å²) in [5, 5.41) is 8.94. The number of ether oxygens (including phenoxy) is 2. The number of carbonyl (C=O) groups is 2. The molecule has 102 valence electrons. The number of hydrogen-bond donors (Lipinski definition) is 1. The third-order valence-electron chi connectivity index (χ3n) is 3.38. The quantitative estimate of drug-likeness (QED) is 0.842. The molecule has 1 aromatic carbocycles. The molecular formula is C14H16O5. The molecule has 5 nitrogen and oxygen atoms in total. The molecule has 0 aromatic heterocycles. The van der Waals surface area contributed by atoms with Gasteiger partial charge in [-0.25, -0.2) is 0 Å². The lowest BCUT2D eigenvalue weighted by Crippen LogP contribution is -2.25. The van der Waals surface area contributed by atoms with Crippen molar-refractivity contribution < 1.29 is 24.2 Å². The predicted octanol–water partition coefficient (Wildman–Crippen LogP) is 2.00. The first-order chi connectivity index (χ1) is 9.00. The maximum Gasteiger partial charge on any atom is 0.306 e. The van der Waals surface area contributed by atoms with Crippen LogP contribution in [0.2, 0.25) is 0 Å². The van der Waals surface area contributed by atoms with Crippen LogP contribution in [0.3, 0.4) is 0 Å². The molecule has 0 amide bonds. The summed E-state index contributed by atoms with van der Waals surface area (Å²) in [6.07, 6.45) is 0. The first-order valence-corrected chi connectivity index (χ1v) is 6.17. The molecule has 1 aromatic rings. The number of Topliss-reactive ketones (excluding diaryl/α,β-unsaturated/α-hetero) is 1. The zero-order chi connectivity index (χ0) is 14.0. The summed E-state index contributed by atoms with van der Waals surface area (Å²) >= 11 is 0. The second kappa shape index (κ2) is 5.30. The lowest BCUT2D eigenvalue weighted by molar-refractivity contribution is -0.142. The molecule has 1 N–H and O–H groups in total. The molecule has 2 atom stereocenters. The Morgan fingerprint density at radius 1 is 1.11 bits per heavy atom. The van der Waals surface area contributed by atoms with E-state index < -0.39 is 17.8 Å². The van der Waals surface area contributed by atoms with Gasteiger partial charge in [0.15, 0.2) is 17.3 Å². The van der Waals surface area contributed by atoms with Crippen LogP contribution in [0.1, 0.15) is 24.2 Å². The highest BCUT2D eigenvalue weighted by molar-refractivity contribution is 6.00. The number of rotatable bonds is 4. The fraction of sp³-hybridized carbons (Fsp3) is 0.429. The second-order valence-corrected chi connectivity index (χ2v) is 4.64. The van der Waals surface area contributed by atoms with E-state index >= 15 is 0 Å². The average molecular weight is 264 g/mol. The lowest BCUT2D eigenvalue weighted by atomic mass is 9.88. The van der Waals surface area contributed by atoms with Crippen LogP contribution in [0.4, 0.5) is 0 Å². The predicted molar refractivity (Wildman–Crippen MR) is 67.7 cm³/mol. The smallest absolute Gasteiger partial charge is 0.306 e. The van der Waals surface area contributed by atoms with Gasteiger partial charge in [-0.2, -0.15) is 0 Å². The summed E-state index contributed by atoms with van der Waals surface area (Å²) in [6.45, 7) is 4.10. The van der Waals surface area contributed by atoms with E-state index in [0.29, 0.717) is 30.3 Å². The molecule has 0 saturated carbocycles. The highest BCUT2D eigenvalue weighted by atomic mass is 16.6. The Bertz CT molecular complexity index is 509. The zero-order valence-corrected chi connectivity index (χ0v) is 10.9. The van der Waals surface area contributed by atoms with Gasteiger partial charge in [0.05, 0.1) is 5.92 Å². The van der Waals surface area contributed by atoms with Crippen molar-refractivity contribution >= 4 is 11.8 Å². The van der Waals surface area contributed by atoms with Crippen molar-refractivity contribution in [1.82, 2.24) is 0 Å². The maximum atomic E-state index is 12.2. The Morgan fingerprint density at radius 2 is 1.74 bits per heavy atom. The minimum atomic E-state index is -0.974. The summed E-state index contributed by atoms with van der Waals surface area (Å²) in [6, 6.07) is 4.93. The summed E-state index contributed by atoms with van der Waals surface area (Å²) in [5.74, 6) is -1.33. The van der Waals surface area contributed by atoms with Gasteiger partial charge in [-0.15, -0.1) is 0 Å². The Balaban J connectivity index is 2.22. The van der Waals surface area contributed by atoms with Crippen LogP contribution in [0.5, 0.6) is 11.5 Å². The molecular weight excluding hydrogens is 248 g/mol. The van der Waals surface area contributed by atoms with E-state index in [-0.39, 0.29) is 5.78 Å². The third kappa shape index (κ3) is 2.70. The first kappa shape index (κ1) is 13.4. The Kier molecular flexibility index (Phi) is 3.74. The van der Waals surface area contributed by atoms with Gasteiger partial charge in [-0.1, -0.05) is 13.8 Å². The number of carboxylic acids is 1. The van der Waals surface area contributed by atoms with Crippen LogP contribution in [-0.4, -0.2) is 30.1 Å². The van der Waals surface area contributed by atoms with Gasteiger partial charge in [0.1, 0.15) is 13.2 Å². The van der Waals surface area contributed by atoms with E-state index in [9.17, 15) is 9.59 Å². The largest absolute Gasteiger partial charge is 0.486 e. The van der Waals surface area contributed by atoms with Crippen LogP contribution < -0.4 is 9.47 Å². The third-order valence-corrected chi connectivity index (χ3v) is 3.38. The van der Waals surface area contributed by atoms with Gasteiger partial charge in [0, 0.05) is 11.5 Å². The monoisotopic (exact) mass is 264 g/mol. The van der Waals surface area contributed by atoms with E-state index in [1.807, 2.05) is 0 Å². The van der Waals surface area contributed by atoms with Crippen molar-refractivity contribution in [2.75, 3.05) is 13.2 Å². The summed E-state index contributed by atoms with van der Waals surface area (Å²) in [4.78, 5) is 23.1. The molecule has 2 unspecified atom stereocenters. The first-order valence-electron chi connectivity index (χ1n) is 6.17. The molecule has 19 heavy (non-hydrogen) atoms. The van der Waals surface area contributed by atoms with Gasteiger partial charge in [-0.3, -0.25) is 9.59 Å². The number of ketones is 1. The summed E-state index contributed by atoms with van der Waals surface area (Å²) in [5.41, 5.74) is 0.449. The molecule has 1 heterocycles. The molecule has 1 aliphatic heterocycles. The standard InChI is InChI=1S/C14H16O5/c1-8(9(2)14(16)17)13(15)10-3-4-11-12(7-10)19-6-5-18-11/h3-4,7-9H,5-6H2,1-2H3,(H,16,17). The van der Waals surface area contributed by atoms with Crippen LogP contribution >= 0.6 is 0 Å². The molecule has 0 bridgehead atoms. The van der Waals surface area contributed by atoms with Crippen LogP contribution in [0.15, 0.2) is 18.2 Å². The molecule has 0 radical (unpaired) electrons. The van der Waals surface area contributed by atoms with Crippen molar-refractivity contribution in [2.45, 2.75) is 13.8 Å². The van der Waals surface area contributed by atoms with Crippen LogP contribution in [0.25, 0.3) is 0 Å². The van der Waals surface area contributed by atoms with E-state index in [4.69, 9.17) is 14.6 Å². The normalized spacial score (nSPS) is 16.5. The Hall–Kier alpha value is -2.04. The fourth-order valence-electron chi connectivity index (χ4n) is 1.90. The zero-order valence-electron chi connectivity index (χ0n) is 10.9. The Labute approximate surface area is 111 Å². The number of carbonyl (C=O) groups excluding carboxylic acids is 1. The average Bonchev–Trinajstić information content (AvgIpc) is 2.44. The SMILES string of the molecule is CC(C(=O)O)C(C)C(=O)c1ccc2c(c1)OCCO2. The minimum absolute atomic E-state index is 0.202. The molecule has 2 rings (SSSR count). The lowest BCUT2D eigenvalue weighted by Gasteiger charge is -2.20. The van der Waals surface area contributed by atoms with Gasteiger partial charge in [0.2, 0.25) is 0 Å². The van der Waals surface area contributed by atoms with Crippen molar-refractivity contribution in [1.29, 1.82) is 0 Å². The van der Waals surface area contributed by atoms with Crippen molar-refractivity contribution in [3.63, 3.8) is 0 Å². The summed E-state index contributed by atoms with van der Waals surface area (Å²) in [7, 11) is 0. The molecule has 0 fully saturated rings. The van der Waals surface area contributed by atoms with Crippen LogP contribution in [0, 0.1) is 11.8 Å². The van der Waals surface area contributed by atoms with Crippen molar-refractivity contribution in [2.24, 2.45) is 11.8 Å². The topological polar surface area (TPSA) is 72.8 Å². The highest BCUT2D eigenvalue weighted by Gasteiger charge is 2.27. The minimum Gasteiger partial charge on any atom is -0.486 e. The molecule has 0 aliphatic carbocycles. The number of carboxylic acid groups (broad SMARTS) is 1. The van der Waals surface area contributed by atoms with Gasteiger partial charge in [-0.05, 0) is 18.2 Å². The molecule has 1 aliphatic rings. The van der Waals surface area contributed by atoms with E-state index in [0.717, 1.165) is 0 Å². The number of fused-ring (bicyclic) bond motifs is 1. The van der Waals surface area contributed by atoms with Gasteiger partial charge in [0.25, 0.3) is 0 Å². The maximum absolute atomic E-state index is 12.2. The van der Waals surface area contributed by atoms with E-state index in [1.165, 1.54) is 6.92 Å². The number of hydrogen-bond acceptors (Lipinski definition) is 4.